The summed E-state index contributed by atoms with van der Waals surface area (Å²) in [6, 6.07) is 27.1. The number of benzene rings is 4. The van der Waals surface area contributed by atoms with E-state index in [-0.39, 0.29) is 0 Å². The lowest BCUT2D eigenvalue weighted by molar-refractivity contribution is 0.666. The summed E-state index contributed by atoms with van der Waals surface area (Å²) in [5, 5.41) is 4.60. The van der Waals surface area contributed by atoms with Gasteiger partial charge in [0.2, 0.25) is 0 Å². The van der Waals surface area contributed by atoms with Crippen LogP contribution < -0.4 is 0 Å². The number of furan rings is 2. The summed E-state index contributed by atoms with van der Waals surface area (Å²) in [6.45, 7) is 0. The zero-order valence-corrected chi connectivity index (χ0v) is 16.4. The molecule has 27 heavy (non-hydrogen) atoms. The van der Waals surface area contributed by atoms with Gasteiger partial charge in [-0.1, -0.05) is 54.6 Å². The van der Waals surface area contributed by atoms with Crippen LogP contribution in [0.25, 0.3) is 55.0 Å². The fraction of sp³-hybridized carbons (Fsp3) is 0. The van der Waals surface area contributed by atoms with E-state index in [2.05, 4.69) is 71.1 Å². The first kappa shape index (κ1) is 15.3. The summed E-state index contributed by atoms with van der Waals surface area (Å²) in [4.78, 5) is 0. The van der Waals surface area contributed by atoms with Gasteiger partial charge in [-0.25, -0.2) is 0 Å². The van der Waals surface area contributed by atoms with E-state index in [0.29, 0.717) is 0 Å². The summed E-state index contributed by atoms with van der Waals surface area (Å²) in [6.07, 6.45) is 0. The van der Waals surface area contributed by atoms with Gasteiger partial charge in [0.05, 0.1) is 3.57 Å². The molecule has 2 aromatic heterocycles. The van der Waals surface area contributed by atoms with Crippen molar-refractivity contribution in [3.05, 3.63) is 82.4 Å². The topological polar surface area (TPSA) is 26.3 Å². The molecule has 0 atom stereocenters. The second-order valence-corrected chi connectivity index (χ2v) is 7.84. The molecule has 0 bridgehead atoms. The average Bonchev–Trinajstić information content (AvgIpc) is 3.28. The van der Waals surface area contributed by atoms with Crippen LogP contribution in [0, 0.1) is 3.57 Å². The predicted molar refractivity (Wildman–Crippen MR) is 119 cm³/mol. The van der Waals surface area contributed by atoms with Crippen molar-refractivity contribution in [1.82, 2.24) is 0 Å². The molecule has 4 aromatic carbocycles. The van der Waals surface area contributed by atoms with E-state index >= 15 is 0 Å². The van der Waals surface area contributed by atoms with Crippen LogP contribution in [-0.2, 0) is 0 Å². The largest absolute Gasteiger partial charge is 0.456 e. The Bertz CT molecular complexity index is 1490. The molecule has 0 N–H and O–H groups in total. The van der Waals surface area contributed by atoms with Crippen LogP contribution in [0.2, 0.25) is 0 Å². The molecule has 3 heteroatoms. The van der Waals surface area contributed by atoms with Crippen LogP contribution in [0.4, 0.5) is 0 Å². The number of para-hydroxylation sites is 2. The molecule has 2 heterocycles. The third-order valence-corrected chi connectivity index (χ3v) is 6.02. The normalized spacial score (nSPS) is 11.9. The van der Waals surface area contributed by atoms with Crippen molar-refractivity contribution >= 4 is 66.5 Å². The monoisotopic (exact) mass is 460 g/mol. The third kappa shape index (κ3) is 2.12. The molecular formula is C24H13IO2. The molecule has 6 aromatic rings. The summed E-state index contributed by atoms with van der Waals surface area (Å²) in [5.74, 6) is 0. The van der Waals surface area contributed by atoms with E-state index in [1.165, 1.54) is 11.1 Å². The Morgan fingerprint density at radius 2 is 1.15 bits per heavy atom. The Morgan fingerprint density at radius 3 is 1.96 bits per heavy atom. The average molecular weight is 460 g/mol. The highest BCUT2D eigenvalue weighted by Crippen LogP contribution is 2.43. The molecule has 0 aliphatic carbocycles. The van der Waals surface area contributed by atoms with Gasteiger partial charge in [0, 0.05) is 21.5 Å². The van der Waals surface area contributed by atoms with Crippen LogP contribution in [0.3, 0.4) is 0 Å². The van der Waals surface area contributed by atoms with E-state index in [0.717, 1.165) is 47.4 Å². The highest BCUT2D eigenvalue weighted by Gasteiger charge is 2.18. The van der Waals surface area contributed by atoms with E-state index in [1.54, 1.807) is 0 Å². The standard InChI is InChI=1S/C24H13IO2/c25-18-13-12-15(23-17-7-2-4-10-20(17)27-24(18)23)14-8-5-11-21-22(14)16-6-1-3-9-19(16)26-21/h1-13H. The Hall–Kier alpha value is -2.79. The maximum absolute atomic E-state index is 6.20. The lowest BCUT2D eigenvalue weighted by Gasteiger charge is -2.07. The maximum atomic E-state index is 6.20. The van der Waals surface area contributed by atoms with Crippen molar-refractivity contribution < 1.29 is 8.83 Å². The smallest absolute Gasteiger partial charge is 0.149 e. The third-order valence-electron chi connectivity index (χ3n) is 5.17. The molecular weight excluding hydrogens is 447 g/mol. The van der Waals surface area contributed by atoms with Gasteiger partial charge in [-0.05, 0) is 58.0 Å². The highest BCUT2D eigenvalue weighted by molar-refractivity contribution is 14.1. The van der Waals surface area contributed by atoms with Gasteiger partial charge in [0.1, 0.15) is 22.3 Å². The minimum absolute atomic E-state index is 0.910. The van der Waals surface area contributed by atoms with Crippen molar-refractivity contribution in [2.75, 3.05) is 0 Å². The van der Waals surface area contributed by atoms with Crippen LogP contribution in [0.15, 0.2) is 87.7 Å². The fourth-order valence-electron chi connectivity index (χ4n) is 4.02. The van der Waals surface area contributed by atoms with Crippen LogP contribution in [0.5, 0.6) is 0 Å². The maximum Gasteiger partial charge on any atom is 0.149 e. The van der Waals surface area contributed by atoms with Crippen molar-refractivity contribution in [3.8, 4) is 11.1 Å². The van der Waals surface area contributed by atoms with E-state index in [4.69, 9.17) is 8.83 Å². The zero-order valence-electron chi connectivity index (χ0n) is 14.2. The van der Waals surface area contributed by atoms with Gasteiger partial charge >= 0.3 is 0 Å². The summed E-state index contributed by atoms with van der Waals surface area (Å²) < 4.78 is 13.4. The number of fused-ring (bicyclic) bond motifs is 6. The van der Waals surface area contributed by atoms with Gasteiger partial charge in [0.15, 0.2) is 0 Å². The van der Waals surface area contributed by atoms with E-state index in [1.807, 2.05) is 30.3 Å². The van der Waals surface area contributed by atoms with Crippen LogP contribution in [-0.4, -0.2) is 0 Å². The van der Waals surface area contributed by atoms with Crippen molar-refractivity contribution in [2.45, 2.75) is 0 Å². The van der Waals surface area contributed by atoms with Crippen molar-refractivity contribution in [3.63, 3.8) is 0 Å². The van der Waals surface area contributed by atoms with Gasteiger partial charge in [-0.2, -0.15) is 0 Å². The van der Waals surface area contributed by atoms with Crippen LogP contribution in [0.1, 0.15) is 0 Å². The molecule has 0 radical (unpaired) electrons. The van der Waals surface area contributed by atoms with Gasteiger partial charge in [0.25, 0.3) is 0 Å². The number of halogens is 1. The molecule has 6 rings (SSSR count). The van der Waals surface area contributed by atoms with E-state index in [9.17, 15) is 0 Å². The molecule has 0 aliphatic heterocycles. The van der Waals surface area contributed by atoms with E-state index < -0.39 is 0 Å². The first-order valence-corrected chi connectivity index (χ1v) is 9.89. The van der Waals surface area contributed by atoms with Crippen molar-refractivity contribution in [2.24, 2.45) is 0 Å². The fourth-order valence-corrected chi connectivity index (χ4v) is 4.58. The minimum atomic E-state index is 0.910. The lowest BCUT2D eigenvalue weighted by Crippen LogP contribution is -1.83. The Balaban J connectivity index is 1.83. The molecule has 0 fully saturated rings. The lowest BCUT2D eigenvalue weighted by atomic mass is 9.95. The summed E-state index contributed by atoms with van der Waals surface area (Å²) in [5.41, 5.74) is 6.03. The summed E-state index contributed by atoms with van der Waals surface area (Å²) >= 11 is 2.35. The molecule has 0 spiro atoms. The number of hydrogen-bond donors (Lipinski definition) is 0. The number of hydrogen-bond acceptors (Lipinski definition) is 2. The Labute approximate surface area is 168 Å². The minimum Gasteiger partial charge on any atom is -0.456 e. The Morgan fingerprint density at radius 1 is 0.519 bits per heavy atom. The molecule has 2 nitrogen and oxygen atoms in total. The van der Waals surface area contributed by atoms with Crippen LogP contribution >= 0.6 is 22.6 Å². The van der Waals surface area contributed by atoms with Gasteiger partial charge < -0.3 is 8.83 Å². The molecule has 0 amide bonds. The first-order chi connectivity index (χ1) is 13.3. The zero-order chi connectivity index (χ0) is 18.0. The first-order valence-electron chi connectivity index (χ1n) is 8.81. The van der Waals surface area contributed by atoms with Gasteiger partial charge in [-0.15, -0.1) is 0 Å². The Kier molecular flexibility index (Phi) is 3.17. The van der Waals surface area contributed by atoms with Crippen molar-refractivity contribution in [1.29, 1.82) is 0 Å². The second kappa shape index (κ2) is 5.60. The molecule has 0 saturated carbocycles. The predicted octanol–water partition coefficient (Wildman–Crippen LogP) is 7.76. The summed E-state index contributed by atoms with van der Waals surface area (Å²) in [7, 11) is 0. The number of rotatable bonds is 1. The van der Waals surface area contributed by atoms with Gasteiger partial charge in [-0.3, -0.25) is 0 Å². The molecule has 0 aliphatic rings. The quantitative estimate of drug-likeness (QED) is 0.235. The highest BCUT2D eigenvalue weighted by atomic mass is 127. The second-order valence-electron chi connectivity index (χ2n) is 6.67. The molecule has 0 unspecified atom stereocenters. The molecule has 0 saturated heterocycles. The SMILES string of the molecule is Ic1ccc(-c2cccc3oc4ccccc4c23)c2c1oc1ccccc12. The molecule has 128 valence electrons.